The first-order chi connectivity index (χ1) is 8.12. The maximum Gasteiger partial charge on any atom is 0.0732 e. The highest BCUT2D eigenvalue weighted by Gasteiger charge is 2.50. The van der Waals surface area contributed by atoms with E-state index >= 15 is 0 Å². The van der Waals surface area contributed by atoms with Gasteiger partial charge < -0.3 is 4.67 Å². The third-order valence-corrected chi connectivity index (χ3v) is 22.3. The van der Waals surface area contributed by atoms with Gasteiger partial charge in [0.05, 0.1) is 21.1 Å². The van der Waals surface area contributed by atoms with E-state index in [4.69, 9.17) is 0 Å². The molecule has 0 fully saturated rings. The second-order valence-corrected chi connectivity index (χ2v) is 23.5. The predicted molar refractivity (Wildman–Crippen MR) is 93.8 cm³/mol. The molecule has 1 nitrogen and oxygen atoms in total. The fourth-order valence-corrected chi connectivity index (χ4v) is 26.8. The third-order valence-electron chi connectivity index (χ3n) is 3.60. The van der Waals surface area contributed by atoms with Crippen molar-refractivity contribution >= 4 is 36.0 Å². The van der Waals surface area contributed by atoms with Crippen LogP contribution in [0.2, 0.25) is 39.3 Å². The Morgan fingerprint density at radius 2 is 1.72 bits per heavy atom. The predicted octanol–water partition coefficient (Wildman–Crippen LogP) is 4.92. The Bertz CT molecular complexity index is 381. The third kappa shape index (κ3) is 2.67. The van der Waals surface area contributed by atoms with Crippen molar-refractivity contribution in [2.75, 3.05) is 7.05 Å². The summed E-state index contributed by atoms with van der Waals surface area (Å²) in [4.78, 5) is 1.78. The largest absolute Gasteiger partial charge is 0.358 e. The van der Waals surface area contributed by atoms with Gasteiger partial charge in [-0.25, -0.2) is 0 Å². The molecule has 0 aromatic carbocycles. The molecule has 2 aliphatic heterocycles. The summed E-state index contributed by atoms with van der Waals surface area (Å²) in [5.74, 6) is 0. The van der Waals surface area contributed by atoms with E-state index in [0.29, 0.717) is 0 Å². The summed E-state index contributed by atoms with van der Waals surface area (Å²) in [6.07, 6.45) is 4.75. The zero-order chi connectivity index (χ0) is 13.7. The Labute approximate surface area is 120 Å². The highest BCUT2D eigenvalue weighted by Crippen LogP contribution is 2.65. The number of nitrogens with zero attached hydrogens (tertiary/aromatic N) is 1. The van der Waals surface area contributed by atoms with Crippen molar-refractivity contribution < 1.29 is 0 Å². The first-order valence-corrected chi connectivity index (χ1v) is 16.2. The van der Waals surface area contributed by atoms with Gasteiger partial charge in [-0.3, -0.25) is 0 Å². The molecule has 0 aromatic heterocycles. The average Bonchev–Trinajstić information content (AvgIpc) is 2.65. The molecule has 2 atom stereocenters. The van der Waals surface area contributed by atoms with Crippen LogP contribution in [0.1, 0.15) is 0 Å². The highest BCUT2D eigenvalue weighted by atomic mass is 32.2. The molecule has 2 heterocycles. The lowest BCUT2D eigenvalue weighted by atomic mass is 10.3. The number of rotatable bonds is 3. The van der Waals surface area contributed by atoms with Crippen molar-refractivity contribution in [3.05, 3.63) is 23.3 Å². The average molecular weight is 316 g/mol. The van der Waals surface area contributed by atoms with Gasteiger partial charge in [-0.15, -0.1) is 11.8 Å². The first-order valence-electron chi connectivity index (χ1n) is 6.67. The molecule has 2 aliphatic rings. The van der Waals surface area contributed by atoms with E-state index in [-0.39, 0.29) is 8.07 Å². The maximum atomic E-state index is 2.59. The molecular weight excluding hydrogens is 289 g/mol. The molecule has 0 N–H and O–H groups in total. The lowest BCUT2D eigenvalue weighted by Gasteiger charge is -2.46. The molecule has 0 aromatic rings. The van der Waals surface area contributed by atoms with Crippen molar-refractivity contribution in [2.45, 2.75) is 49.2 Å². The summed E-state index contributed by atoms with van der Waals surface area (Å²) >= 11 is 2.07. The van der Waals surface area contributed by atoms with Gasteiger partial charge in [0.15, 0.2) is 0 Å². The summed E-state index contributed by atoms with van der Waals surface area (Å²) in [6.45, 7) is 15.5. The molecule has 2 rings (SSSR count). The van der Waals surface area contributed by atoms with Crippen molar-refractivity contribution in [3.8, 4) is 0 Å². The minimum Gasteiger partial charge on any atom is -0.358 e. The molecule has 5 heteroatoms. The van der Waals surface area contributed by atoms with E-state index in [0.717, 1.165) is 9.90 Å². The summed E-state index contributed by atoms with van der Waals surface area (Å²) < 4.78 is 2.59. The van der Waals surface area contributed by atoms with Crippen LogP contribution >= 0.6 is 19.8 Å². The fourth-order valence-electron chi connectivity index (χ4n) is 3.53. The Morgan fingerprint density at radius 1 is 1.17 bits per heavy atom. The quantitative estimate of drug-likeness (QED) is 0.537. The van der Waals surface area contributed by atoms with E-state index in [1.54, 1.807) is 5.57 Å². The van der Waals surface area contributed by atoms with Crippen molar-refractivity contribution in [2.24, 2.45) is 0 Å². The number of hydrogen-bond donors (Lipinski definition) is 0. The topological polar surface area (TPSA) is 3.24 Å². The molecule has 0 aliphatic carbocycles. The molecule has 0 bridgehead atoms. The standard InChI is InChI=1S/C13H26NPSSi2/c1-14-10-11-8-9-16-12(11)15(14)13(17(2,3)4)18(5,6)7/h8-10,12-13H,1-7H3. The Balaban J connectivity index is 2.34. The van der Waals surface area contributed by atoms with Crippen LogP contribution in [0.25, 0.3) is 0 Å². The van der Waals surface area contributed by atoms with Crippen molar-refractivity contribution in [1.29, 1.82) is 0 Å². The van der Waals surface area contributed by atoms with Gasteiger partial charge in [0.25, 0.3) is 0 Å². The van der Waals surface area contributed by atoms with E-state index < -0.39 is 16.1 Å². The van der Waals surface area contributed by atoms with Crippen molar-refractivity contribution in [1.82, 2.24) is 4.67 Å². The van der Waals surface area contributed by atoms with Gasteiger partial charge in [-0.1, -0.05) is 39.3 Å². The molecule has 2 unspecified atom stereocenters. The Kier molecular flexibility index (Phi) is 3.97. The Morgan fingerprint density at radius 3 is 2.22 bits per heavy atom. The van der Waals surface area contributed by atoms with Crippen LogP contribution in [0.3, 0.4) is 0 Å². The van der Waals surface area contributed by atoms with Gasteiger partial charge in [0, 0.05) is 21.3 Å². The molecule has 0 saturated carbocycles. The van der Waals surface area contributed by atoms with Gasteiger partial charge in [0.1, 0.15) is 0 Å². The summed E-state index contributed by atoms with van der Waals surface area (Å²) in [6, 6.07) is 0. The lowest BCUT2D eigenvalue weighted by molar-refractivity contribution is 0.758. The smallest absolute Gasteiger partial charge is 0.0732 e. The second-order valence-electron chi connectivity index (χ2n) is 7.51. The molecular formula is C13H26NPSSi2. The van der Waals surface area contributed by atoms with Gasteiger partial charge in [-0.2, -0.15) is 0 Å². The van der Waals surface area contributed by atoms with Gasteiger partial charge in [-0.05, 0) is 22.0 Å². The number of thioether (sulfide) groups is 1. The number of hydrogen-bond acceptors (Lipinski definition) is 2. The zero-order valence-corrected chi connectivity index (χ0v) is 16.4. The molecule has 0 spiro atoms. The normalized spacial score (nSPS) is 28.0. The van der Waals surface area contributed by atoms with Crippen molar-refractivity contribution in [3.63, 3.8) is 0 Å². The van der Waals surface area contributed by atoms with Crippen LogP contribution in [0.4, 0.5) is 0 Å². The lowest BCUT2D eigenvalue weighted by Crippen LogP contribution is -2.54. The molecule has 0 saturated heterocycles. The van der Waals surface area contributed by atoms with Gasteiger partial charge in [0.2, 0.25) is 0 Å². The molecule has 0 amide bonds. The zero-order valence-electron chi connectivity index (χ0n) is 12.7. The monoisotopic (exact) mass is 315 g/mol. The van der Waals surface area contributed by atoms with Crippen LogP contribution in [0, 0.1) is 0 Å². The van der Waals surface area contributed by atoms with E-state index in [1.807, 2.05) is 0 Å². The summed E-state index contributed by atoms with van der Waals surface area (Å²) in [7, 11) is 0.0678. The van der Waals surface area contributed by atoms with E-state index in [9.17, 15) is 0 Å². The van der Waals surface area contributed by atoms with Crippen LogP contribution < -0.4 is 0 Å². The van der Waals surface area contributed by atoms with Gasteiger partial charge >= 0.3 is 0 Å². The maximum absolute atomic E-state index is 2.59. The number of fused-ring (bicyclic) bond motifs is 1. The Hall–Kier alpha value is 0.494. The highest BCUT2D eigenvalue weighted by molar-refractivity contribution is 8.09. The number of allylic oxidation sites excluding steroid dienone is 1. The molecule has 18 heavy (non-hydrogen) atoms. The molecule has 0 radical (unpaired) electrons. The second kappa shape index (κ2) is 4.80. The summed E-state index contributed by atoms with van der Waals surface area (Å²) in [5, 5.41) is 2.31. The fraction of sp³-hybridized carbons (Fsp3) is 0.692. The van der Waals surface area contributed by atoms with Crippen LogP contribution in [0.5, 0.6) is 0 Å². The minimum absolute atomic E-state index is 0.0216. The van der Waals surface area contributed by atoms with E-state index in [1.165, 1.54) is 0 Å². The summed E-state index contributed by atoms with van der Waals surface area (Å²) in [5.41, 5.74) is 1.58. The van der Waals surface area contributed by atoms with Crippen LogP contribution in [-0.2, 0) is 0 Å². The first kappa shape index (κ1) is 14.9. The minimum atomic E-state index is -1.11. The van der Waals surface area contributed by atoms with E-state index in [2.05, 4.69) is 80.4 Å². The molecule has 102 valence electrons. The SMILES string of the molecule is CN1C=C2C=CSC2P1C([Si](C)(C)C)[Si](C)(C)C. The van der Waals surface area contributed by atoms with Crippen LogP contribution in [0.15, 0.2) is 23.3 Å². The van der Waals surface area contributed by atoms with Crippen LogP contribution in [-0.4, -0.2) is 37.8 Å².